The molecule has 0 unspecified atom stereocenters. The molecule has 49 heavy (non-hydrogen) atoms. The molecule has 18 heteroatoms. The van der Waals surface area contributed by atoms with Crippen molar-refractivity contribution in [2.45, 2.75) is 27.1 Å². The Balaban J connectivity index is 0.000000256. The van der Waals surface area contributed by atoms with Gasteiger partial charge in [0.1, 0.15) is 0 Å². The van der Waals surface area contributed by atoms with E-state index in [9.17, 15) is 10.0 Å². The Hall–Kier alpha value is -2.52. The van der Waals surface area contributed by atoms with Crippen molar-refractivity contribution < 1.29 is 25.2 Å². The number of aliphatic hydroxyl groups is 4. The predicted octanol–water partition coefficient (Wildman–Crippen LogP) is 5.77. The molecule has 0 fully saturated rings. The molecule has 5 rings (SSSR count). The monoisotopic (exact) mass is 815 g/mol. The number of aryl methyl sites for hydroxylation is 1. The molecule has 3 aromatic carbocycles. The molecule has 0 bridgehead atoms. The molecule has 1 aliphatic rings. The maximum absolute atomic E-state index is 12.6. The summed E-state index contributed by atoms with van der Waals surface area (Å²) in [5, 5.41) is 48.3. The van der Waals surface area contributed by atoms with Gasteiger partial charge in [-0.3, -0.25) is 9.48 Å². The molecular weight excluding hydrogens is 787 g/mol. The molecule has 0 saturated carbocycles. The number of alkyl halides is 6. The second-order valence-electron chi connectivity index (χ2n) is 9.85. The van der Waals surface area contributed by atoms with Gasteiger partial charge in [-0.1, -0.05) is 118 Å². The summed E-state index contributed by atoms with van der Waals surface area (Å²) in [5.74, 6) is 0.625. The molecule has 0 aliphatic carbocycles. The number of amidine groups is 1. The Morgan fingerprint density at radius 2 is 1.35 bits per heavy atom. The highest BCUT2D eigenvalue weighted by atomic mass is 35.6. The first-order valence-corrected chi connectivity index (χ1v) is 16.5. The van der Waals surface area contributed by atoms with Crippen molar-refractivity contribution in [3.8, 4) is 5.69 Å². The fourth-order valence-electron chi connectivity index (χ4n) is 3.86. The van der Waals surface area contributed by atoms with Crippen molar-refractivity contribution in [1.29, 1.82) is 0 Å². The first kappa shape index (κ1) is 42.6. The van der Waals surface area contributed by atoms with Crippen molar-refractivity contribution in [1.82, 2.24) is 14.7 Å². The van der Waals surface area contributed by atoms with E-state index in [0.29, 0.717) is 16.6 Å². The van der Waals surface area contributed by atoms with Gasteiger partial charge in [-0.25, -0.2) is 9.67 Å². The third-order valence-corrected chi connectivity index (χ3v) is 7.69. The second-order valence-corrected chi connectivity index (χ2v) is 15.0. The number of aliphatic hydroxyl groups excluding tert-OH is 2. The SMILES string of the molecule is CNC1=Nc2ccc(Cl)cc2C(c2ccccc2)=[N+]([O-])C1.Cc1cc(=O)n(-c2ccccc2)n1C.OC(O)C(Cl)(Cl)Cl.OC(O)C(Cl)(Cl)Cl. The molecule has 11 nitrogen and oxygen atoms in total. The predicted molar refractivity (Wildman–Crippen MR) is 199 cm³/mol. The van der Waals surface area contributed by atoms with Crippen LogP contribution in [0.25, 0.3) is 5.69 Å². The van der Waals surface area contributed by atoms with Crippen molar-refractivity contribution in [3.63, 3.8) is 0 Å². The summed E-state index contributed by atoms with van der Waals surface area (Å²) in [6, 6.07) is 26.2. The lowest BCUT2D eigenvalue weighted by Crippen LogP contribution is -2.29. The van der Waals surface area contributed by atoms with Gasteiger partial charge in [0.25, 0.3) is 5.56 Å². The van der Waals surface area contributed by atoms with Crippen LogP contribution in [0.4, 0.5) is 5.69 Å². The minimum atomic E-state index is -1.97. The number of para-hydroxylation sites is 1. The molecular formula is C31H32Cl7N5O6. The topological polar surface area (TPSA) is 158 Å². The van der Waals surface area contributed by atoms with Crippen LogP contribution in [0.1, 0.15) is 16.8 Å². The Morgan fingerprint density at radius 3 is 1.78 bits per heavy atom. The lowest BCUT2D eigenvalue weighted by atomic mass is 10.0. The van der Waals surface area contributed by atoms with Gasteiger partial charge < -0.3 is 31.0 Å². The number of fused-ring (bicyclic) bond motifs is 1. The van der Waals surface area contributed by atoms with Crippen LogP contribution < -0.4 is 10.9 Å². The maximum atomic E-state index is 12.6. The second kappa shape index (κ2) is 19.2. The van der Waals surface area contributed by atoms with E-state index < -0.39 is 20.2 Å². The summed E-state index contributed by atoms with van der Waals surface area (Å²) in [6.07, 6.45) is -3.81. The molecule has 4 aromatic rings. The number of aromatic nitrogens is 2. The van der Waals surface area contributed by atoms with Gasteiger partial charge in [0, 0.05) is 36.4 Å². The number of nitrogens with one attached hydrogen (secondary N) is 1. The minimum absolute atomic E-state index is 0.0104. The molecule has 0 saturated heterocycles. The number of likely N-dealkylation sites (N-methyl/N-ethyl adjacent to an activating group) is 1. The van der Waals surface area contributed by atoms with Gasteiger partial charge in [0.2, 0.25) is 19.8 Å². The van der Waals surface area contributed by atoms with E-state index in [1.54, 1.807) is 29.9 Å². The van der Waals surface area contributed by atoms with Crippen molar-refractivity contribution in [2.75, 3.05) is 13.6 Å². The van der Waals surface area contributed by atoms with Crippen molar-refractivity contribution >= 4 is 98.4 Å². The van der Waals surface area contributed by atoms with Crippen LogP contribution in [0.3, 0.4) is 0 Å². The fourth-order valence-corrected chi connectivity index (χ4v) is 4.04. The number of aliphatic imine (C=N–C) groups is 1. The number of hydroxylamine groups is 1. The molecule has 1 aliphatic heterocycles. The summed E-state index contributed by atoms with van der Waals surface area (Å²) < 4.78 is 0.500. The quantitative estimate of drug-likeness (QED) is 0.0744. The van der Waals surface area contributed by atoms with Gasteiger partial charge in [0.05, 0.1) is 16.9 Å². The molecule has 0 amide bonds. The third kappa shape index (κ3) is 13.3. The van der Waals surface area contributed by atoms with E-state index in [1.807, 2.05) is 85.4 Å². The van der Waals surface area contributed by atoms with Crippen LogP contribution in [-0.2, 0) is 7.05 Å². The molecule has 1 aromatic heterocycles. The number of nitrogens with zero attached hydrogens (tertiary/aromatic N) is 4. The largest absolute Gasteiger partial charge is 0.623 e. The lowest BCUT2D eigenvalue weighted by Gasteiger charge is -2.10. The van der Waals surface area contributed by atoms with Crippen LogP contribution in [0.2, 0.25) is 5.02 Å². The third-order valence-electron chi connectivity index (χ3n) is 6.29. The lowest BCUT2D eigenvalue weighted by molar-refractivity contribution is -0.439. The summed E-state index contributed by atoms with van der Waals surface area (Å²) in [6.45, 7) is 2.09. The fraction of sp³-hybridized carbons (Fsp3) is 0.258. The number of rotatable bonds is 2. The first-order chi connectivity index (χ1) is 22.8. The average Bonchev–Trinajstić information content (AvgIpc) is 3.19. The van der Waals surface area contributed by atoms with Gasteiger partial charge in [-0.2, -0.15) is 4.74 Å². The Labute approximate surface area is 317 Å². The average molecular weight is 819 g/mol. The molecule has 5 N–H and O–H groups in total. The van der Waals surface area contributed by atoms with Gasteiger partial charge in [0.15, 0.2) is 18.4 Å². The summed E-state index contributed by atoms with van der Waals surface area (Å²) >= 11 is 35.5. The Kier molecular flexibility index (Phi) is 16.7. The first-order valence-electron chi connectivity index (χ1n) is 13.9. The highest BCUT2D eigenvalue weighted by Crippen LogP contribution is 2.29. The van der Waals surface area contributed by atoms with Crippen LogP contribution in [0.5, 0.6) is 0 Å². The van der Waals surface area contributed by atoms with Crippen LogP contribution in [0.15, 0.2) is 94.7 Å². The van der Waals surface area contributed by atoms with Crippen LogP contribution in [-0.4, -0.2) is 79.8 Å². The normalized spacial score (nSPS) is 12.8. The zero-order valence-electron chi connectivity index (χ0n) is 26.0. The smallest absolute Gasteiger partial charge is 0.271 e. The number of benzene rings is 3. The van der Waals surface area contributed by atoms with E-state index in [4.69, 9.17) is 102 Å². The summed E-state index contributed by atoms with van der Waals surface area (Å²) in [5.41, 5.74) is 4.78. The van der Waals surface area contributed by atoms with Crippen molar-refractivity contribution in [2.24, 2.45) is 12.0 Å². The number of hydrogen-bond acceptors (Lipinski definition) is 8. The van der Waals surface area contributed by atoms with E-state index in [2.05, 4.69) is 10.3 Å². The van der Waals surface area contributed by atoms with E-state index in [1.165, 1.54) is 0 Å². The molecule has 0 radical (unpaired) electrons. The number of hydrogen-bond donors (Lipinski definition) is 5. The zero-order chi connectivity index (χ0) is 37.1. The van der Waals surface area contributed by atoms with Gasteiger partial charge >= 0.3 is 0 Å². The van der Waals surface area contributed by atoms with E-state index in [-0.39, 0.29) is 12.1 Å². The molecule has 0 spiro atoms. The summed E-state index contributed by atoms with van der Waals surface area (Å²) in [4.78, 5) is 16.1. The van der Waals surface area contributed by atoms with E-state index >= 15 is 0 Å². The molecule has 266 valence electrons. The zero-order valence-corrected chi connectivity index (χ0v) is 31.3. The highest BCUT2D eigenvalue weighted by molar-refractivity contribution is 6.68. The standard InChI is InChI=1S/C16H14ClN3O.C11H12N2O.2C2H3Cl3O2/c1-18-15-10-20(21)16(11-5-3-2-4-6-11)13-9-12(17)7-8-14(13)19-15;1-9-8-11(14)13(12(9)2)10-6-4-3-5-7-10;2*3-2(4,5)1(6)7/h2-9H,10H2,1H3,(H,18,19);3-8H,1-2H3;2*1,6-7H. The summed E-state index contributed by atoms with van der Waals surface area (Å²) in [7, 11) is 3.64. The van der Waals surface area contributed by atoms with Gasteiger partial charge in [-0.15, -0.1) is 0 Å². The molecule has 0 atom stereocenters. The van der Waals surface area contributed by atoms with Gasteiger partial charge in [-0.05, 0) is 49.4 Å². The number of halogens is 7. The Morgan fingerprint density at radius 1 is 0.857 bits per heavy atom. The minimum Gasteiger partial charge on any atom is -0.623 e. The highest BCUT2D eigenvalue weighted by Gasteiger charge is 2.29. The van der Waals surface area contributed by atoms with E-state index in [0.717, 1.165) is 32.9 Å². The van der Waals surface area contributed by atoms with Crippen molar-refractivity contribution in [3.05, 3.63) is 122 Å². The van der Waals surface area contributed by atoms with Crippen LogP contribution in [0, 0.1) is 12.1 Å². The Bertz CT molecular complexity index is 1750. The van der Waals surface area contributed by atoms with Crippen LogP contribution >= 0.6 is 81.2 Å². The maximum Gasteiger partial charge on any atom is 0.271 e. The molecule has 2 heterocycles.